The van der Waals surface area contributed by atoms with Crippen LogP contribution in [-0.4, -0.2) is 24.2 Å². The molecule has 36 heavy (non-hydrogen) atoms. The lowest BCUT2D eigenvalue weighted by molar-refractivity contribution is 0.0951. The molecular weight excluding hydrogens is 448 g/mol. The second kappa shape index (κ2) is 17.1. The third-order valence-electron chi connectivity index (χ3n) is 5.11. The topological polar surface area (TPSA) is 88.4 Å². The molecule has 2 aromatic carbocycles. The lowest BCUT2D eigenvalue weighted by Gasteiger charge is -2.28. The maximum Gasteiger partial charge on any atom is 0.251 e. The van der Waals surface area contributed by atoms with Crippen molar-refractivity contribution >= 4 is 5.91 Å². The van der Waals surface area contributed by atoms with Gasteiger partial charge in [0.15, 0.2) is 0 Å². The maximum atomic E-state index is 12.1. The second-order valence-electron chi connectivity index (χ2n) is 10.3. The van der Waals surface area contributed by atoms with Gasteiger partial charge in [-0.1, -0.05) is 71.2 Å². The van der Waals surface area contributed by atoms with Gasteiger partial charge >= 0.3 is 0 Å². The largest absolute Gasteiger partial charge is 0.491 e. The molecule has 202 valence electrons. The Morgan fingerprint density at radius 2 is 1.50 bits per heavy atom. The Hall–Kier alpha value is -2.41. The Bertz CT molecular complexity index is 842. The van der Waals surface area contributed by atoms with Crippen LogP contribution < -0.4 is 26.6 Å². The number of carbonyl (C=O) groups excluding carboxylic acids is 1. The van der Waals surface area contributed by atoms with E-state index in [-0.39, 0.29) is 17.7 Å². The molecule has 0 radical (unpaired) electrons. The predicted octanol–water partition coefficient (Wildman–Crippen LogP) is 5.96. The van der Waals surface area contributed by atoms with Gasteiger partial charge in [0.05, 0.1) is 11.8 Å². The van der Waals surface area contributed by atoms with Crippen molar-refractivity contribution in [3.63, 3.8) is 0 Å². The fourth-order valence-electron chi connectivity index (χ4n) is 3.32. The average molecular weight is 499 g/mol. The predicted molar refractivity (Wildman–Crippen MR) is 152 cm³/mol. The molecule has 0 spiro atoms. The van der Waals surface area contributed by atoms with Gasteiger partial charge in [-0.15, -0.1) is 0 Å². The molecule has 0 saturated heterocycles. The smallest absolute Gasteiger partial charge is 0.251 e. The number of ether oxygens (including phenoxy) is 1. The minimum absolute atomic E-state index is 0.0735. The van der Waals surface area contributed by atoms with E-state index in [9.17, 15) is 4.79 Å². The zero-order valence-electron chi connectivity index (χ0n) is 23.6. The first-order valence-electron chi connectivity index (χ1n) is 13.5. The first-order valence-corrected chi connectivity index (χ1v) is 13.5. The van der Waals surface area contributed by atoms with Gasteiger partial charge in [-0.2, -0.15) is 0 Å². The van der Waals surface area contributed by atoms with E-state index in [1.54, 1.807) is 12.1 Å². The molecular formula is C30H50N4O2. The number of nitrogens with one attached hydrogen (secondary N) is 3. The highest BCUT2D eigenvalue weighted by Crippen LogP contribution is 2.15. The normalized spacial score (nSPS) is 13.6. The van der Waals surface area contributed by atoms with Crippen molar-refractivity contribution in [2.45, 2.75) is 98.9 Å². The van der Waals surface area contributed by atoms with Crippen molar-refractivity contribution in [1.82, 2.24) is 16.2 Å². The summed E-state index contributed by atoms with van der Waals surface area (Å²) in [5, 5.41) is 2.93. The molecule has 1 fully saturated rings. The Morgan fingerprint density at radius 3 is 1.94 bits per heavy atom. The number of hydrazine groups is 1. The summed E-state index contributed by atoms with van der Waals surface area (Å²) in [5.74, 6) is 1.33. The minimum Gasteiger partial charge on any atom is -0.491 e. The van der Waals surface area contributed by atoms with Gasteiger partial charge in [0, 0.05) is 18.7 Å². The minimum atomic E-state index is -0.288. The molecule has 0 bridgehead atoms. The Morgan fingerprint density at radius 1 is 0.944 bits per heavy atom. The number of nitrogens with two attached hydrogens (primary N) is 1. The molecule has 1 aliphatic carbocycles. The summed E-state index contributed by atoms with van der Waals surface area (Å²) in [7, 11) is 0. The summed E-state index contributed by atoms with van der Waals surface area (Å²) in [6.45, 7) is 15.9. The first kappa shape index (κ1) is 31.6. The molecule has 2 aromatic rings. The van der Waals surface area contributed by atoms with E-state index < -0.39 is 0 Å². The van der Waals surface area contributed by atoms with Crippen LogP contribution >= 0.6 is 0 Å². The van der Waals surface area contributed by atoms with Gasteiger partial charge < -0.3 is 15.8 Å². The van der Waals surface area contributed by atoms with Gasteiger partial charge in [-0.25, -0.2) is 5.43 Å². The van der Waals surface area contributed by atoms with Crippen molar-refractivity contribution < 1.29 is 9.53 Å². The van der Waals surface area contributed by atoms with Crippen molar-refractivity contribution in [2.24, 2.45) is 11.7 Å². The zero-order valence-corrected chi connectivity index (χ0v) is 23.6. The molecule has 1 amide bonds. The van der Waals surface area contributed by atoms with Crippen LogP contribution in [0.5, 0.6) is 5.75 Å². The van der Waals surface area contributed by atoms with Gasteiger partial charge in [-0.3, -0.25) is 10.2 Å². The molecule has 1 atom stereocenters. The van der Waals surface area contributed by atoms with Crippen molar-refractivity contribution in [3.05, 3.63) is 65.2 Å². The van der Waals surface area contributed by atoms with E-state index in [2.05, 4.69) is 61.2 Å². The molecule has 0 aliphatic heterocycles. The van der Waals surface area contributed by atoms with E-state index in [1.165, 1.54) is 24.8 Å². The summed E-state index contributed by atoms with van der Waals surface area (Å²) in [5.41, 5.74) is 14.8. The highest BCUT2D eigenvalue weighted by molar-refractivity contribution is 5.94. The lowest BCUT2D eigenvalue weighted by atomic mass is 10.0. The van der Waals surface area contributed by atoms with Gasteiger partial charge in [0.1, 0.15) is 5.75 Å². The number of amides is 1. The molecule has 0 aromatic heterocycles. The van der Waals surface area contributed by atoms with Crippen molar-refractivity contribution in [2.75, 3.05) is 6.54 Å². The van der Waals surface area contributed by atoms with Gasteiger partial charge in [-0.05, 0) is 74.9 Å². The Labute approximate surface area is 219 Å². The van der Waals surface area contributed by atoms with Crippen LogP contribution in [0.2, 0.25) is 0 Å². The summed E-state index contributed by atoms with van der Waals surface area (Å²) in [6.07, 6.45) is 6.63. The van der Waals surface area contributed by atoms with E-state index in [1.807, 2.05) is 39.8 Å². The summed E-state index contributed by atoms with van der Waals surface area (Å²) >= 11 is 0. The fourth-order valence-corrected chi connectivity index (χ4v) is 3.32. The zero-order chi connectivity index (χ0) is 27.0. The maximum absolute atomic E-state index is 12.1. The fraction of sp³-hybridized carbons (Fsp3) is 0.567. The quantitative estimate of drug-likeness (QED) is 0.227. The van der Waals surface area contributed by atoms with Crippen LogP contribution in [0.3, 0.4) is 0 Å². The van der Waals surface area contributed by atoms with Crippen LogP contribution in [0.1, 0.15) is 95.6 Å². The molecule has 6 nitrogen and oxygen atoms in total. The van der Waals surface area contributed by atoms with E-state index in [0.29, 0.717) is 18.0 Å². The number of hydrogen-bond acceptors (Lipinski definition) is 5. The molecule has 6 heteroatoms. The summed E-state index contributed by atoms with van der Waals surface area (Å²) < 4.78 is 5.57. The monoisotopic (exact) mass is 498 g/mol. The Kier molecular flexibility index (Phi) is 15.0. The average Bonchev–Trinajstić information content (AvgIpc) is 3.71. The highest BCUT2D eigenvalue weighted by Gasteiger charge is 2.18. The van der Waals surface area contributed by atoms with Crippen molar-refractivity contribution in [1.29, 1.82) is 0 Å². The lowest BCUT2D eigenvalue weighted by Crippen LogP contribution is -2.57. The number of benzene rings is 2. The van der Waals surface area contributed by atoms with Crippen LogP contribution in [0.25, 0.3) is 0 Å². The Balaban J connectivity index is 0.000000384. The summed E-state index contributed by atoms with van der Waals surface area (Å²) in [6, 6.07) is 15.5. The second-order valence-corrected chi connectivity index (χ2v) is 10.3. The number of rotatable bonds is 11. The van der Waals surface area contributed by atoms with Crippen LogP contribution in [-0.2, 0) is 13.0 Å². The standard InChI is InChI=1S/C19H23NO2.C8H21N3.C3H6/c1-4-15-5-7-16(8-6-15)13-20-19(21)17-9-11-18(12-10-17)22-14(2)3;1-5-10-11-8(4,9)6-7(2)3;1-2-3-1/h5-12,14H,4,13H2,1-3H3,(H,20,21);7,10-11H,5-6,9H2,1-4H3;1-3H2. The number of hydrogen-bond donors (Lipinski definition) is 4. The van der Waals surface area contributed by atoms with Gasteiger partial charge in [0.25, 0.3) is 5.91 Å². The third kappa shape index (κ3) is 15.6. The van der Waals surface area contributed by atoms with Crippen molar-refractivity contribution in [3.8, 4) is 5.75 Å². The van der Waals surface area contributed by atoms with E-state index in [0.717, 1.165) is 30.7 Å². The van der Waals surface area contributed by atoms with Crippen LogP contribution in [0.15, 0.2) is 48.5 Å². The molecule has 1 aliphatic rings. The first-order chi connectivity index (χ1) is 17.1. The van der Waals surface area contributed by atoms with Crippen LogP contribution in [0, 0.1) is 5.92 Å². The number of aryl methyl sites for hydroxylation is 1. The third-order valence-corrected chi connectivity index (χ3v) is 5.11. The molecule has 5 N–H and O–H groups in total. The van der Waals surface area contributed by atoms with Gasteiger partial charge in [0.2, 0.25) is 0 Å². The SMILES string of the molecule is C1CC1.CCNNC(C)(N)CC(C)C.CCc1ccc(CNC(=O)c2ccc(OC(C)C)cc2)cc1. The van der Waals surface area contributed by atoms with E-state index >= 15 is 0 Å². The molecule has 1 saturated carbocycles. The molecule has 0 heterocycles. The van der Waals surface area contributed by atoms with E-state index in [4.69, 9.17) is 10.5 Å². The highest BCUT2D eigenvalue weighted by atomic mass is 16.5. The number of carbonyl (C=O) groups is 1. The molecule has 1 unspecified atom stereocenters. The molecule has 3 rings (SSSR count). The van der Waals surface area contributed by atoms with Crippen LogP contribution in [0.4, 0.5) is 0 Å². The summed E-state index contributed by atoms with van der Waals surface area (Å²) in [4.78, 5) is 12.1.